The summed E-state index contributed by atoms with van der Waals surface area (Å²) in [6, 6.07) is 8.78. The number of nitrogen functional groups attached to an aromatic ring is 1. The minimum atomic E-state index is -0.704. The number of anilines is 2. The molecule has 3 N–H and O–H groups in total. The van der Waals surface area contributed by atoms with E-state index >= 15 is 0 Å². The summed E-state index contributed by atoms with van der Waals surface area (Å²) in [7, 11) is 1.64. The molecule has 11 heteroatoms. The number of amides is 1. The second-order valence-electron chi connectivity index (χ2n) is 5.90. The molecular formula is C17H17ClN8OS. The molecule has 0 saturated heterocycles. The number of nitrogens with one attached hydrogen (secondary N) is 1. The molecule has 1 unspecified atom stereocenters. The molecule has 0 saturated carbocycles. The second kappa shape index (κ2) is 8.33. The smallest absolute Gasteiger partial charge is 0.248 e. The summed E-state index contributed by atoms with van der Waals surface area (Å²) in [5.41, 5.74) is 7.15. The molecule has 0 aliphatic rings. The van der Waals surface area contributed by atoms with Crippen molar-refractivity contribution in [1.29, 1.82) is 5.26 Å². The van der Waals surface area contributed by atoms with Gasteiger partial charge in [-0.15, -0.1) is 10.2 Å². The van der Waals surface area contributed by atoms with Crippen molar-refractivity contribution in [2.24, 2.45) is 7.05 Å². The average Bonchev–Trinajstić information content (AvgIpc) is 3.23. The van der Waals surface area contributed by atoms with Gasteiger partial charge in [-0.05, 0) is 18.6 Å². The van der Waals surface area contributed by atoms with Crippen molar-refractivity contribution in [1.82, 2.24) is 24.5 Å². The first-order chi connectivity index (χ1) is 13.4. The molecule has 0 aliphatic heterocycles. The molecule has 144 valence electrons. The third-order valence-electron chi connectivity index (χ3n) is 4.07. The summed E-state index contributed by atoms with van der Waals surface area (Å²) in [6.07, 6.45) is 1.39. The molecule has 1 aromatic carbocycles. The second-order valence-corrected chi connectivity index (χ2v) is 7.25. The van der Waals surface area contributed by atoms with Crippen molar-refractivity contribution < 1.29 is 4.79 Å². The monoisotopic (exact) mass is 416 g/mol. The quantitative estimate of drug-likeness (QED) is 0.591. The minimum absolute atomic E-state index is 0.120. The van der Waals surface area contributed by atoms with Crippen LogP contribution in [0.1, 0.15) is 24.1 Å². The van der Waals surface area contributed by atoms with Gasteiger partial charge in [-0.3, -0.25) is 14.0 Å². The Morgan fingerprint density at radius 3 is 2.89 bits per heavy atom. The van der Waals surface area contributed by atoms with Gasteiger partial charge in [0.1, 0.15) is 23.5 Å². The molecule has 0 aliphatic carbocycles. The molecule has 28 heavy (non-hydrogen) atoms. The van der Waals surface area contributed by atoms with Crippen molar-refractivity contribution in [3.05, 3.63) is 46.6 Å². The number of nitriles is 1. The summed E-state index contributed by atoms with van der Waals surface area (Å²) < 4.78 is 2.96. The van der Waals surface area contributed by atoms with Crippen molar-refractivity contribution in [3.8, 4) is 6.07 Å². The number of carbonyl (C=O) groups excluding carboxylic acids is 1. The lowest BCUT2D eigenvalue weighted by atomic mass is 10.2. The van der Waals surface area contributed by atoms with Gasteiger partial charge in [0.2, 0.25) is 11.9 Å². The predicted octanol–water partition coefficient (Wildman–Crippen LogP) is 2.61. The van der Waals surface area contributed by atoms with Crippen LogP contribution < -0.4 is 11.1 Å². The van der Waals surface area contributed by atoms with Crippen LogP contribution in [0.2, 0.25) is 5.02 Å². The van der Waals surface area contributed by atoms with E-state index in [1.807, 2.05) is 30.3 Å². The van der Waals surface area contributed by atoms with Gasteiger partial charge in [0, 0.05) is 17.8 Å². The Hall–Kier alpha value is -3.03. The number of benzene rings is 1. The predicted molar refractivity (Wildman–Crippen MR) is 107 cm³/mol. The Balaban J connectivity index is 1.78. The van der Waals surface area contributed by atoms with Crippen molar-refractivity contribution >= 4 is 41.0 Å². The summed E-state index contributed by atoms with van der Waals surface area (Å²) in [6.45, 7) is 1.68. The van der Waals surface area contributed by atoms with Gasteiger partial charge in [0.05, 0.1) is 6.20 Å². The van der Waals surface area contributed by atoms with Crippen molar-refractivity contribution in [2.75, 3.05) is 11.1 Å². The summed E-state index contributed by atoms with van der Waals surface area (Å²) >= 11 is 7.57. The van der Waals surface area contributed by atoms with Crippen molar-refractivity contribution in [3.63, 3.8) is 0 Å². The van der Waals surface area contributed by atoms with E-state index in [0.717, 1.165) is 5.56 Å². The molecule has 1 atom stereocenters. The van der Waals surface area contributed by atoms with E-state index in [4.69, 9.17) is 22.6 Å². The Morgan fingerprint density at radius 1 is 1.43 bits per heavy atom. The zero-order chi connectivity index (χ0) is 20.3. The number of nitrogens with zero attached hydrogens (tertiary/aromatic N) is 6. The number of hydrogen-bond donors (Lipinski definition) is 2. The van der Waals surface area contributed by atoms with Crippen LogP contribution in [-0.4, -0.2) is 30.5 Å². The van der Waals surface area contributed by atoms with Crippen LogP contribution in [0, 0.1) is 11.3 Å². The molecule has 0 bridgehead atoms. The van der Waals surface area contributed by atoms with Crippen LogP contribution in [0.25, 0.3) is 0 Å². The number of halogens is 1. The number of thioether (sulfide) groups is 1. The topological polar surface area (TPSA) is 127 Å². The highest BCUT2D eigenvalue weighted by molar-refractivity contribution is 7.98. The van der Waals surface area contributed by atoms with Gasteiger partial charge >= 0.3 is 0 Å². The number of aryl methyl sites for hydroxylation is 1. The Kier molecular flexibility index (Phi) is 5.87. The van der Waals surface area contributed by atoms with E-state index in [9.17, 15) is 4.79 Å². The molecule has 0 fully saturated rings. The van der Waals surface area contributed by atoms with Crippen molar-refractivity contribution in [2.45, 2.75) is 23.9 Å². The standard InChI is InChI=1S/C17H17ClN8OS/c1-10(15(27)22-14-12(7-19)8-21-25(14)2)26-16(20)23-24-17(26)28-9-11-5-3-4-6-13(11)18/h3-6,8,10H,9H2,1-2H3,(H2,20,23)(H,22,27). The van der Waals surface area contributed by atoms with E-state index in [2.05, 4.69) is 20.6 Å². The SMILES string of the molecule is CC(C(=O)Nc1c(C#N)cnn1C)n1c(N)nnc1SCc1ccccc1Cl. The highest BCUT2D eigenvalue weighted by Crippen LogP contribution is 2.29. The number of aromatic nitrogens is 5. The maximum Gasteiger partial charge on any atom is 0.248 e. The zero-order valence-electron chi connectivity index (χ0n) is 15.1. The zero-order valence-corrected chi connectivity index (χ0v) is 16.7. The third-order valence-corrected chi connectivity index (χ3v) is 5.43. The molecule has 1 amide bonds. The molecular weight excluding hydrogens is 400 g/mol. The maximum atomic E-state index is 12.7. The van der Waals surface area contributed by atoms with E-state index in [-0.39, 0.29) is 17.4 Å². The maximum absolute atomic E-state index is 12.7. The molecule has 2 aromatic heterocycles. The highest BCUT2D eigenvalue weighted by Gasteiger charge is 2.24. The molecule has 0 radical (unpaired) electrons. The van der Waals surface area contributed by atoms with E-state index in [1.165, 1.54) is 22.6 Å². The fourth-order valence-corrected chi connectivity index (χ4v) is 3.82. The molecule has 3 rings (SSSR count). The normalized spacial score (nSPS) is 11.8. The molecule has 3 aromatic rings. The largest absolute Gasteiger partial charge is 0.368 e. The van der Waals surface area contributed by atoms with Crippen LogP contribution >= 0.6 is 23.4 Å². The first-order valence-electron chi connectivity index (χ1n) is 8.22. The van der Waals surface area contributed by atoms with Crippen LogP contribution in [-0.2, 0) is 17.6 Å². The summed E-state index contributed by atoms with van der Waals surface area (Å²) in [4.78, 5) is 12.7. The van der Waals surface area contributed by atoms with Gasteiger partial charge in [-0.1, -0.05) is 41.6 Å². The third kappa shape index (κ3) is 3.95. The first-order valence-corrected chi connectivity index (χ1v) is 9.58. The van der Waals surface area contributed by atoms with Crippen LogP contribution in [0.4, 0.5) is 11.8 Å². The Labute approximate surface area is 170 Å². The van der Waals surface area contributed by atoms with E-state index < -0.39 is 6.04 Å². The number of carbonyl (C=O) groups is 1. The summed E-state index contributed by atoms with van der Waals surface area (Å²) in [5.74, 6) is 0.615. The molecule has 2 heterocycles. The lowest BCUT2D eigenvalue weighted by Gasteiger charge is -2.16. The van der Waals surface area contributed by atoms with Crippen LogP contribution in [0.5, 0.6) is 0 Å². The fourth-order valence-electron chi connectivity index (χ4n) is 2.51. The van der Waals surface area contributed by atoms with Crippen LogP contribution in [0.3, 0.4) is 0 Å². The van der Waals surface area contributed by atoms with Gasteiger partial charge in [0.25, 0.3) is 0 Å². The first kappa shape index (κ1) is 19.7. The lowest BCUT2D eigenvalue weighted by molar-refractivity contribution is -0.119. The molecule has 9 nitrogen and oxygen atoms in total. The number of rotatable bonds is 6. The lowest BCUT2D eigenvalue weighted by Crippen LogP contribution is -2.26. The summed E-state index contributed by atoms with van der Waals surface area (Å²) in [5, 5.41) is 24.9. The van der Waals surface area contributed by atoms with Gasteiger partial charge in [0.15, 0.2) is 5.16 Å². The highest BCUT2D eigenvalue weighted by atomic mass is 35.5. The Bertz CT molecular complexity index is 1050. The van der Waals surface area contributed by atoms with Crippen LogP contribution in [0.15, 0.2) is 35.6 Å². The fraction of sp³-hybridized carbons (Fsp3) is 0.235. The number of nitrogens with two attached hydrogens (primary N) is 1. The van der Waals surface area contributed by atoms with Gasteiger partial charge in [-0.2, -0.15) is 10.4 Å². The minimum Gasteiger partial charge on any atom is -0.368 e. The van der Waals surface area contributed by atoms with Gasteiger partial charge < -0.3 is 11.1 Å². The Morgan fingerprint density at radius 2 is 2.18 bits per heavy atom. The van der Waals surface area contributed by atoms with Gasteiger partial charge in [-0.25, -0.2) is 0 Å². The van der Waals surface area contributed by atoms with E-state index in [1.54, 1.807) is 18.5 Å². The average molecular weight is 417 g/mol. The molecule has 0 spiro atoms. The van der Waals surface area contributed by atoms with E-state index in [0.29, 0.717) is 21.7 Å². The number of hydrogen-bond acceptors (Lipinski definition) is 7.